The number of nitrogens with one attached hydrogen (secondary N) is 1. The fraction of sp³-hybridized carbons (Fsp3) is 0.208. The number of nitrogens with zero attached hydrogens (tertiary/aromatic N) is 3. The van der Waals surface area contributed by atoms with Gasteiger partial charge in [0.1, 0.15) is 0 Å². The van der Waals surface area contributed by atoms with Crippen molar-refractivity contribution in [2.24, 2.45) is 0 Å². The van der Waals surface area contributed by atoms with E-state index in [1.165, 1.54) is 0 Å². The molecular formula is C24H22N4O3. The lowest BCUT2D eigenvalue weighted by Crippen LogP contribution is -2.12. The van der Waals surface area contributed by atoms with Crippen LogP contribution in [0.5, 0.6) is 11.5 Å². The zero-order chi connectivity index (χ0) is 21.4. The van der Waals surface area contributed by atoms with E-state index >= 15 is 0 Å². The molecule has 1 fully saturated rings. The second-order valence-corrected chi connectivity index (χ2v) is 7.53. The maximum Gasteiger partial charge on any atom is 0.257 e. The first kappa shape index (κ1) is 19.1. The first-order chi connectivity index (χ1) is 15.2. The summed E-state index contributed by atoms with van der Waals surface area (Å²) in [4.78, 5) is 17.5. The Hall–Kier alpha value is -3.87. The molecule has 1 saturated carbocycles. The minimum absolute atomic E-state index is 0.240. The van der Waals surface area contributed by atoms with Gasteiger partial charge in [0.25, 0.3) is 5.91 Å². The molecule has 1 amide bonds. The molecule has 5 rings (SSSR count). The van der Waals surface area contributed by atoms with Gasteiger partial charge in [0, 0.05) is 29.3 Å². The molecule has 0 atom stereocenters. The molecule has 0 aliphatic heterocycles. The summed E-state index contributed by atoms with van der Waals surface area (Å²) in [5, 5.41) is 8.67. The lowest BCUT2D eigenvalue weighted by molar-refractivity contribution is 0.102. The van der Waals surface area contributed by atoms with Crippen LogP contribution in [0, 0.1) is 0 Å². The summed E-state index contributed by atoms with van der Waals surface area (Å²) in [5.41, 5.74) is 3.82. The number of amides is 1. The van der Waals surface area contributed by atoms with E-state index in [-0.39, 0.29) is 5.91 Å². The third-order valence-corrected chi connectivity index (χ3v) is 5.42. The number of carbonyl (C=O) groups is 1. The smallest absolute Gasteiger partial charge is 0.257 e. The van der Waals surface area contributed by atoms with Crippen LogP contribution in [0.3, 0.4) is 0 Å². The average molecular weight is 414 g/mol. The summed E-state index contributed by atoms with van der Waals surface area (Å²) in [5.74, 6) is 1.34. The maximum atomic E-state index is 12.9. The maximum absolute atomic E-state index is 12.9. The molecule has 31 heavy (non-hydrogen) atoms. The van der Waals surface area contributed by atoms with Crippen LogP contribution in [0.25, 0.3) is 16.7 Å². The predicted octanol–water partition coefficient (Wildman–Crippen LogP) is 4.57. The zero-order valence-electron chi connectivity index (χ0n) is 17.3. The second-order valence-electron chi connectivity index (χ2n) is 7.53. The lowest BCUT2D eigenvalue weighted by Gasteiger charge is -2.10. The van der Waals surface area contributed by atoms with Crippen LogP contribution in [-0.4, -0.2) is 34.9 Å². The molecule has 1 aliphatic carbocycles. The van der Waals surface area contributed by atoms with E-state index in [9.17, 15) is 4.79 Å². The highest BCUT2D eigenvalue weighted by molar-refractivity contribution is 6.06. The van der Waals surface area contributed by atoms with Gasteiger partial charge >= 0.3 is 0 Å². The Bertz CT molecular complexity index is 1260. The van der Waals surface area contributed by atoms with Crippen LogP contribution in [0.1, 0.15) is 34.8 Å². The number of fused-ring (bicyclic) bond motifs is 1. The van der Waals surface area contributed by atoms with Gasteiger partial charge in [-0.2, -0.15) is 5.10 Å². The van der Waals surface area contributed by atoms with Crippen LogP contribution in [0.2, 0.25) is 0 Å². The van der Waals surface area contributed by atoms with Gasteiger partial charge in [-0.3, -0.25) is 4.79 Å². The number of carbonyl (C=O) groups excluding carboxylic acids is 1. The fourth-order valence-electron chi connectivity index (χ4n) is 3.67. The van der Waals surface area contributed by atoms with Gasteiger partial charge in [-0.15, -0.1) is 0 Å². The fourth-order valence-corrected chi connectivity index (χ4v) is 3.67. The highest BCUT2D eigenvalue weighted by Gasteiger charge is 2.30. The summed E-state index contributed by atoms with van der Waals surface area (Å²) < 4.78 is 12.4. The first-order valence-electron chi connectivity index (χ1n) is 10.2. The second kappa shape index (κ2) is 7.75. The number of rotatable bonds is 6. The van der Waals surface area contributed by atoms with Crippen LogP contribution in [-0.2, 0) is 0 Å². The highest BCUT2D eigenvalue weighted by Crippen LogP contribution is 2.42. The zero-order valence-corrected chi connectivity index (χ0v) is 17.3. The minimum atomic E-state index is -0.240. The number of aromatic nitrogens is 3. The Balaban J connectivity index is 1.50. The van der Waals surface area contributed by atoms with Crippen molar-refractivity contribution >= 4 is 22.6 Å². The van der Waals surface area contributed by atoms with Crippen LogP contribution < -0.4 is 14.8 Å². The third-order valence-electron chi connectivity index (χ3n) is 5.42. The van der Waals surface area contributed by atoms with Gasteiger partial charge in [-0.05, 0) is 43.2 Å². The van der Waals surface area contributed by atoms with Crippen molar-refractivity contribution in [3.63, 3.8) is 0 Å². The third kappa shape index (κ3) is 3.59. The van der Waals surface area contributed by atoms with Crippen LogP contribution in [0.15, 0.2) is 60.8 Å². The molecule has 2 heterocycles. The average Bonchev–Trinajstić information content (AvgIpc) is 3.59. The Morgan fingerprint density at radius 3 is 2.52 bits per heavy atom. The minimum Gasteiger partial charge on any atom is -0.493 e. The van der Waals surface area contributed by atoms with E-state index in [0.29, 0.717) is 28.7 Å². The van der Waals surface area contributed by atoms with Gasteiger partial charge in [0.2, 0.25) is 0 Å². The van der Waals surface area contributed by atoms with Gasteiger partial charge in [-0.25, -0.2) is 9.67 Å². The van der Waals surface area contributed by atoms with E-state index in [4.69, 9.17) is 14.6 Å². The van der Waals surface area contributed by atoms with Crippen molar-refractivity contribution in [2.45, 2.75) is 18.8 Å². The topological polar surface area (TPSA) is 78.3 Å². The molecule has 0 radical (unpaired) electrons. The molecular weight excluding hydrogens is 392 g/mol. The Labute approximate surface area is 179 Å². The monoisotopic (exact) mass is 414 g/mol. The van der Waals surface area contributed by atoms with Crippen LogP contribution in [0.4, 0.5) is 5.69 Å². The van der Waals surface area contributed by atoms with Crippen molar-refractivity contribution in [1.82, 2.24) is 14.8 Å². The molecule has 1 N–H and O–H groups in total. The Morgan fingerprint density at radius 1 is 1.03 bits per heavy atom. The summed E-state index contributed by atoms with van der Waals surface area (Å²) in [7, 11) is 3.13. The number of anilines is 1. The lowest BCUT2D eigenvalue weighted by atomic mass is 10.1. The number of pyridine rings is 1. The SMILES string of the molecule is COc1ccc(NC(=O)c2cnc3c(c2)c(C2CC2)nn3-c2ccccc2)cc1OC. The molecule has 156 valence electrons. The molecule has 2 aromatic carbocycles. The van der Waals surface area contributed by atoms with Crippen molar-refractivity contribution in [1.29, 1.82) is 0 Å². The Morgan fingerprint density at radius 2 is 1.81 bits per heavy atom. The Kier molecular flexibility index (Phi) is 4.78. The predicted molar refractivity (Wildman–Crippen MR) is 118 cm³/mol. The van der Waals surface area contributed by atoms with E-state index in [1.807, 2.05) is 41.1 Å². The summed E-state index contributed by atoms with van der Waals surface area (Å²) in [6.07, 6.45) is 3.82. The van der Waals surface area contributed by atoms with E-state index < -0.39 is 0 Å². The largest absolute Gasteiger partial charge is 0.493 e. The quantitative estimate of drug-likeness (QED) is 0.500. The number of benzene rings is 2. The highest BCUT2D eigenvalue weighted by atomic mass is 16.5. The van der Waals surface area contributed by atoms with E-state index in [2.05, 4.69) is 10.3 Å². The number of methoxy groups -OCH3 is 2. The van der Waals surface area contributed by atoms with Crippen molar-refractivity contribution < 1.29 is 14.3 Å². The van der Waals surface area contributed by atoms with Gasteiger partial charge < -0.3 is 14.8 Å². The molecule has 0 saturated heterocycles. The van der Waals surface area contributed by atoms with E-state index in [0.717, 1.165) is 35.3 Å². The number of para-hydroxylation sites is 1. The summed E-state index contributed by atoms with van der Waals surface area (Å²) in [6.45, 7) is 0. The normalized spacial score (nSPS) is 13.2. The number of hydrogen-bond acceptors (Lipinski definition) is 5. The number of hydrogen-bond donors (Lipinski definition) is 1. The molecule has 4 aromatic rings. The summed E-state index contributed by atoms with van der Waals surface area (Å²) in [6, 6.07) is 17.1. The van der Waals surface area contributed by atoms with Gasteiger partial charge in [0.05, 0.1) is 31.2 Å². The van der Waals surface area contributed by atoms with Crippen molar-refractivity contribution in [3.05, 3.63) is 72.1 Å². The van der Waals surface area contributed by atoms with Gasteiger partial charge in [-0.1, -0.05) is 18.2 Å². The standard InChI is InChI=1S/C24H22N4O3/c1-30-20-11-10-17(13-21(20)31-2)26-24(29)16-12-19-22(15-8-9-15)27-28(23(19)25-14-16)18-6-4-3-5-7-18/h3-7,10-15H,8-9H2,1-2H3,(H,26,29). The van der Waals surface area contributed by atoms with Crippen molar-refractivity contribution in [3.8, 4) is 17.2 Å². The molecule has 1 aliphatic rings. The first-order valence-corrected chi connectivity index (χ1v) is 10.2. The molecule has 2 aromatic heterocycles. The van der Waals surface area contributed by atoms with Crippen LogP contribution >= 0.6 is 0 Å². The number of ether oxygens (including phenoxy) is 2. The van der Waals surface area contributed by atoms with E-state index in [1.54, 1.807) is 38.6 Å². The molecule has 0 unspecified atom stereocenters. The van der Waals surface area contributed by atoms with Gasteiger partial charge in [0.15, 0.2) is 17.1 Å². The molecule has 0 spiro atoms. The summed E-state index contributed by atoms with van der Waals surface area (Å²) >= 11 is 0. The van der Waals surface area contributed by atoms with Crippen molar-refractivity contribution in [2.75, 3.05) is 19.5 Å². The molecule has 0 bridgehead atoms. The molecule has 7 nitrogen and oxygen atoms in total. The molecule has 7 heteroatoms.